The standard InChI is InChI=1S/C11H10N2O2/c14-11(13-15)5-4-8-2-1-3-10-9(8)6-7-12-10/h1-7,12,15H,(H,13,14)/b5-4+. The number of benzene rings is 1. The molecule has 0 saturated heterocycles. The molecule has 1 amide bonds. The highest BCUT2D eigenvalue weighted by Gasteiger charge is 1.98. The van der Waals surface area contributed by atoms with Gasteiger partial charge in [-0.15, -0.1) is 0 Å². The molecule has 0 aliphatic heterocycles. The summed E-state index contributed by atoms with van der Waals surface area (Å²) in [5, 5.41) is 9.37. The molecule has 0 aliphatic rings. The van der Waals surface area contributed by atoms with Crippen molar-refractivity contribution in [2.24, 2.45) is 0 Å². The molecule has 15 heavy (non-hydrogen) atoms. The van der Waals surface area contributed by atoms with Crippen molar-refractivity contribution in [2.45, 2.75) is 0 Å². The summed E-state index contributed by atoms with van der Waals surface area (Å²) in [4.78, 5) is 13.9. The zero-order chi connectivity index (χ0) is 10.7. The van der Waals surface area contributed by atoms with E-state index in [4.69, 9.17) is 5.21 Å². The fourth-order valence-corrected chi connectivity index (χ4v) is 1.46. The number of hydrogen-bond donors (Lipinski definition) is 3. The van der Waals surface area contributed by atoms with E-state index in [1.807, 2.05) is 30.5 Å². The minimum Gasteiger partial charge on any atom is -0.361 e. The molecule has 0 aliphatic carbocycles. The van der Waals surface area contributed by atoms with E-state index in [9.17, 15) is 4.79 Å². The van der Waals surface area contributed by atoms with Crippen LogP contribution in [0.1, 0.15) is 5.56 Å². The summed E-state index contributed by atoms with van der Waals surface area (Å²) in [6.45, 7) is 0. The Labute approximate surface area is 86.2 Å². The Morgan fingerprint density at radius 3 is 3.07 bits per heavy atom. The Kier molecular flexibility index (Phi) is 2.51. The number of amides is 1. The van der Waals surface area contributed by atoms with Gasteiger partial charge in [0.2, 0.25) is 0 Å². The first-order valence-electron chi connectivity index (χ1n) is 4.49. The number of hydroxylamine groups is 1. The van der Waals surface area contributed by atoms with Crippen LogP contribution in [0.5, 0.6) is 0 Å². The highest BCUT2D eigenvalue weighted by atomic mass is 16.5. The van der Waals surface area contributed by atoms with Crippen molar-refractivity contribution in [3.05, 3.63) is 42.1 Å². The number of fused-ring (bicyclic) bond motifs is 1. The van der Waals surface area contributed by atoms with E-state index in [0.717, 1.165) is 16.5 Å². The molecule has 4 heteroatoms. The van der Waals surface area contributed by atoms with Crippen LogP contribution in [-0.2, 0) is 4.79 Å². The van der Waals surface area contributed by atoms with Gasteiger partial charge in [0.05, 0.1) is 0 Å². The quantitative estimate of drug-likeness (QED) is 0.394. The van der Waals surface area contributed by atoms with Gasteiger partial charge in [0.1, 0.15) is 0 Å². The Morgan fingerprint density at radius 2 is 2.27 bits per heavy atom. The highest BCUT2D eigenvalue weighted by molar-refractivity contribution is 5.95. The zero-order valence-electron chi connectivity index (χ0n) is 7.90. The minimum absolute atomic E-state index is 0.539. The predicted molar refractivity (Wildman–Crippen MR) is 57.3 cm³/mol. The van der Waals surface area contributed by atoms with E-state index >= 15 is 0 Å². The van der Waals surface area contributed by atoms with Crippen LogP contribution >= 0.6 is 0 Å². The largest absolute Gasteiger partial charge is 0.361 e. The molecule has 1 aromatic heterocycles. The van der Waals surface area contributed by atoms with Gasteiger partial charge in [0, 0.05) is 23.2 Å². The molecule has 2 rings (SSSR count). The smallest absolute Gasteiger partial charge is 0.267 e. The summed E-state index contributed by atoms with van der Waals surface area (Å²) in [6.07, 6.45) is 4.78. The Bertz CT molecular complexity index is 514. The normalized spacial score (nSPS) is 11.0. The maximum atomic E-state index is 10.8. The van der Waals surface area contributed by atoms with Gasteiger partial charge in [-0.1, -0.05) is 12.1 Å². The van der Waals surface area contributed by atoms with Gasteiger partial charge in [-0.2, -0.15) is 0 Å². The topological polar surface area (TPSA) is 65.1 Å². The van der Waals surface area contributed by atoms with Crippen LogP contribution in [0.15, 0.2) is 36.5 Å². The van der Waals surface area contributed by atoms with E-state index in [1.165, 1.54) is 6.08 Å². The number of rotatable bonds is 2. The van der Waals surface area contributed by atoms with Gasteiger partial charge < -0.3 is 4.98 Å². The van der Waals surface area contributed by atoms with Gasteiger partial charge in [-0.05, 0) is 23.8 Å². The molecule has 2 aromatic rings. The third-order valence-corrected chi connectivity index (χ3v) is 2.15. The first kappa shape index (κ1) is 9.48. The fourth-order valence-electron chi connectivity index (χ4n) is 1.46. The van der Waals surface area contributed by atoms with Crippen molar-refractivity contribution in [1.82, 2.24) is 10.5 Å². The van der Waals surface area contributed by atoms with E-state index in [1.54, 1.807) is 11.6 Å². The van der Waals surface area contributed by atoms with E-state index in [0.29, 0.717) is 0 Å². The first-order chi connectivity index (χ1) is 7.31. The lowest BCUT2D eigenvalue weighted by Gasteiger charge is -1.96. The third-order valence-electron chi connectivity index (χ3n) is 2.15. The molecule has 0 unspecified atom stereocenters. The Balaban J connectivity index is 2.39. The molecule has 0 atom stereocenters. The number of hydrogen-bond acceptors (Lipinski definition) is 2. The molecule has 4 nitrogen and oxygen atoms in total. The van der Waals surface area contributed by atoms with E-state index in [2.05, 4.69) is 4.98 Å². The second kappa shape index (κ2) is 3.98. The number of nitrogens with one attached hydrogen (secondary N) is 2. The molecule has 0 bridgehead atoms. The predicted octanol–water partition coefficient (Wildman–Crippen LogP) is 1.69. The van der Waals surface area contributed by atoms with Crippen molar-refractivity contribution in [3.63, 3.8) is 0 Å². The summed E-state index contributed by atoms with van der Waals surface area (Å²) < 4.78 is 0. The van der Waals surface area contributed by atoms with Crippen LogP contribution in [-0.4, -0.2) is 16.1 Å². The number of aromatic nitrogens is 1. The lowest BCUT2D eigenvalue weighted by atomic mass is 10.1. The van der Waals surface area contributed by atoms with Gasteiger partial charge >= 0.3 is 0 Å². The minimum atomic E-state index is -0.539. The maximum absolute atomic E-state index is 10.8. The average molecular weight is 202 g/mol. The second-order valence-corrected chi connectivity index (χ2v) is 3.10. The van der Waals surface area contributed by atoms with Crippen LogP contribution in [0, 0.1) is 0 Å². The molecule has 1 heterocycles. The molecule has 0 fully saturated rings. The van der Waals surface area contributed by atoms with Gasteiger partial charge in [-0.3, -0.25) is 10.0 Å². The van der Waals surface area contributed by atoms with Gasteiger partial charge in [0.25, 0.3) is 5.91 Å². The molecule has 0 saturated carbocycles. The van der Waals surface area contributed by atoms with Crippen LogP contribution < -0.4 is 5.48 Å². The lowest BCUT2D eigenvalue weighted by Crippen LogP contribution is -2.14. The fraction of sp³-hybridized carbons (Fsp3) is 0. The summed E-state index contributed by atoms with van der Waals surface area (Å²) in [6, 6.07) is 7.69. The van der Waals surface area contributed by atoms with Gasteiger partial charge in [-0.25, -0.2) is 5.48 Å². The molecule has 0 radical (unpaired) electrons. The number of H-pyrrole nitrogens is 1. The number of carbonyl (C=O) groups is 1. The highest BCUT2D eigenvalue weighted by Crippen LogP contribution is 2.18. The maximum Gasteiger partial charge on any atom is 0.267 e. The Morgan fingerprint density at radius 1 is 1.40 bits per heavy atom. The number of carbonyl (C=O) groups excluding carboxylic acids is 1. The van der Waals surface area contributed by atoms with Crippen LogP contribution in [0.3, 0.4) is 0 Å². The van der Waals surface area contributed by atoms with Crippen molar-refractivity contribution in [3.8, 4) is 0 Å². The summed E-state index contributed by atoms with van der Waals surface area (Å²) in [5.41, 5.74) is 3.49. The lowest BCUT2D eigenvalue weighted by molar-refractivity contribution is -0.124. The summed E-state index contributed by atoms with van der Waals surface area (Å²) in [5.74, 6) is -0.539. The average Bonchev–Trinajstić information content (AvgIpc) is 2.74. The van der Waals surface area contributed by atoms with Crippen molar-refractivity contribution < 1.29 is 10.0 Å². The van der Waals surface area contributed by atoms with Gasteiger partial charge in [0.15, 0.2) is 0 Å². The summed E-state index contributed by atoms with van der Waals surface area (Å²) in [7, 11) is 0. The van der Waals surface area contributed by atoms with Crippen LogP contribution in [0.2, 0.25) is 0 Å². The number of aromatic amines is 1. The zero-order valence-corrected chi connectivity index (χ0v) is 7.90. The van der Waals surface area contributed by atoms with E-state index < -0.39 is 5.91 Å². The van der Waals surface area contributed by atoms with Crippen LogP contribution in [0.25, 0.3) is 17.0 Å². The van der Waals surface area contributed by atoms with Crippen molar-refractivity contribution >= 4 is 22.9 Å². The first-order valence-corrected chi connectivity index (χ1v) is 4.49. The molecule has 0 spiro atoms. The molecular formula is C11H10N2O2. The SMILES string of the molecule is O=C(/C=C/c1cccc2[nH]ccc12)NO. The molecule has 3 N–H and O–H groups in total. The van der Waals surface area contributed by atoms with Crippen LogP contribution in [0.4, 0.5) is 0 Å². The molecule has 1 aromatic carbocycles. The molecular weight excluding hydrogens is 192 g/mol. The van der Waals surface area contributed by atoms with Crippen molar-refractivity contribution in [1.29, 1.82) is 0 Å². The third kappa shape index (κ3) is 1.89. The monoisotopic (exact) mass is 202 g/mol. The van der Waals surface area contributed by atoms with E-state index in [-0.39, 0.29) is 0 Å². The Hall–Kier alpha value is -2.07. The molecule has 76 valence electrons. The summed E-state index contributed by atoms with van der Waals surface area (Å²) >= 11 is 0. The van der Waals surface area contributed by atoms with Crippen molar-refractivity contribution in [2.75, 3.05) is 0 Å². The second-order valence-electron chi connectivity index (χ2n) is 3.10.